The number of terminal acetylenes is 1. The van der Waals surface area contributed by atoms with Crippen LogP contribution in [0.2, 0.25) is 0 Å². The predicted molar refractivity (Wildman–Crippen MR) is 104 cm³/mol. The fraction of sp³-hybridized carbons (Fsp3) is 0.143. The Morgan fingerprint density at radius 3 is 2.32 bits per heavy atom. The molecule has 2 amide bonds. The molecule has 0 unspecified atom stereocenters. The SMILES string of the molecule is C#CCOc1c(OC)cc(C=C2C(=O)NN(c3ccccc3)C2=O)cc1OC. The molecule has 0 spiro atoms. The molecule has 0 aliphatic carbocycles. The molecule has 28 heavy (non-hydrogen) atoms. The number of rotatable bonds is 6. The van der Waals surface area contributed by atoms with Crippen molar-refractivity contribution < 1.29 is 23.8 Å². The first-order valence-corrected chi connectivity index (χ1v) is 8.33. The zero-order valence-corrected chi connectivity index (χ0v) is 15.4. The minimum Gasteiger partial charge on any atom is -0.493 e. The van der Waals surface area contributed by atoms with Crippen molar-refractivity contribution in [2.24, 2.45) is 0 Å². The summed E-state index contributed by atoms with van der Waals surface area (Å²) < 4.78 is 16.2. The highest BCUT2D eigenvalue weighted by atomic mass is 16.5. The molecule has 1 heterocycles. The summed E-state index contributed by atoms with van der Waals surface area (Å²) in [6.07, 6.45) is 6.71. The largest absolute Gasteiger partial charge is 0.493 e. The Hall–Kier alpha value is -3.92. The Kier molecular flexibility index (Phi) is 5.51. The molecule has 2 aromatic rings. The third-order valence-electron chi connectivity index (χ3n) is 4.00. The molecule has 7 nitrogen and oxygen atoms in total. The number of nitrogens with one attached hydrogen (secondary N) is 1. The fourth-order valence-corrected chi connectivity index (χ4v) is 2.72. The van der Waals surface area contributed by atoms with E-state index < -0.39 is 11.8 Å². The van der Waals surface area contributed by atoms with Crippen LogP contribution in [0.4, 0.5) is 5.69 Å². The highest BCUT2D eigenvalue weighted by Crippen LogP contribution is 2.39. The second kappa shape index (κ2) is 8.18. The van der Waals surface area contributed by atoms with Crippen molar-refractivity contribution in [1.82, 2.24) is 5.43 Å². The normalized spacial score (nSPS) is 14.6. The number of para-hydroxylation sites is 1. The number of anilines is 1. The van der Waals surface area contributed by atoms with Crippen LogP contribution in [0.5, 0.6) is 17.2 Å². The van der Waals surface area contributed by atoms with Crippen LogP contribution in [0, 0.1) is 12.3 Å². The molecule has 0 radical (unpaired) electrons. The van der Waals surface area contributed by atoms with Crippen LogP contribution >= 0.6 is 0 Å². The number of carbonyl (C=O) groups excluding carboxylic acids is 2. The first-order chi connectivity index (χ1) is 13.6. The monoisotopic (exact) mass is 378 g/mol. The molecule has 142 valence electrons. The number of amides is 2. The first kappa shape index (κ1) is 18.9. The van der Waals surface area contributed by atoms with E-state index in [0.717, 1.165) is 0 Å². The van der Waals surface area contributed by atoms with Gasteiger partial charge in [-0.15, -0.1) is 6.42 Å². The van der Waals surface area contributed by atoms with Crippen LogP contribution in [-0.4, -0.2) is 32.6 Å². The number of hydrogen-bond acceptors (Lipinski definition) is 5. The molecule has 7 heteroatoms. The van der Waals surface area contributed by atoms with E-state index >= 15 is 0 Å². The van der Waals surface area contributed by atoms with Gasteiger partial charge < -0.3 is 14.2 Å². The molecule has 1 N–H and O–H groups in total. The van der Waals surface area contributed by atoms with Gasteiger partial charge in [-0.1, -0.05) is 24.1 Å². The summed E-state index contributed by atoms with van der Waals surface area (Å²) in [5.41, 5.74) is 3.65. The molecule has 1 saturated heterocycles. The van der Waals surface area contributed by atoms with E-state index in [0.29, 0.717) is 28.5 Å². The van der Waals surface area contributed by atoms with Crippen LogP contribution in [0.3, 0.4) is 0 Å². The fourth-order valence-electron chi connectivity index (χ4n) is 2.72. The quantitative estimate of drug-likeness (QED) is 0.474. The number of benzene rings is 2. The van der Waals surface area contributed by atoms with Gasteiger partial charge in [0, 0.05) is 0 Å². The van der Waals surface area contributed by atoms with Crippen LogP contribution < -0.4 is 24.6 Å². The van der Waals surface area contributed by atoms with Crippen molar-refractivity contribution >= 4 is 23.6 Å². The van der Waals surface area contributed by atoms with E-state index in [1.807, 2.05) is 6.07 Å². The average Bonchev–Trinajstić information content (AvgIpc) is 3.01. The minimum absolute atomic E-state index is 0.00903. The maximum atomic E-state index is 12.7. The van der Waals surface area contributed by atoms with Gasteiger partial charge >= 0.3 is 0 Å². The Bertz CT molecular complexity index is 951. The van der Waals surface area contributed by atoms with Gasteiger partial charge in [-0.25, -0.2) is 5.01 Å². The molecule has 2 aromatic carbocycles. The molecule has 1 fully saturated rings. The molecular weight excluding hydrogens is 360 g/mol. The number of carbonyl (C=O) groups is 2. The van der Waals surface area contributed by atoms with Crippen molar-refractivity contribution in [3.63, 3.8) is 0 Å². The topological polar surface area (TPSA) is 77.1 Å². The number of methoxy groups -OCH3 is 2. The van der Waals surface area contributed by atoms with Gasteiger partial charge in [0.2, 0.25) is 5.75 Å². The standard InChI is InChI=1S/C21H18N2O5/c1-4-10-28-19-17(26-2)12-14(13-18(19)27-3)11-16-20(24)22-23(21(16)25)15-8-6-5-7-9-15/h1,5-9,11-13H,10H2,2-3H3,(H,22,24). The third kappa shape index (κ3) is 3.62. The van der Waals surface area contributed by atoms with Crippen molar-refractivity contribution in [2.45, 2.75) is 0 Å². The number of hydrogen-bond donors (Lipinski definition) is 1. The molecule has 0 saturated carbocycles. The van der Waals surface area contributed by atoms with Gasteiger partial charge in [0.15, 0.2) is 11.5 Å². The van der Waals surface area contributed by atoms with Gasteiger partial charge in [0.05, 0.1) is 19.9 Å². The van der Waals surface area contributed by atoms with Gasteiger partial charge in [-0.2, -0.15) is 0 Å². The Labute approximate surface area is 162 Å². The van der Waals surface area contributed by atoms with E-state index in [1.54, 1.807) is 36.4 Å². The highest BCUT2D eigenvalue weighted by Gasteiger charge is 2.34. The lowest BCUT2D eigenvalue weighted by Crippen LogP contribution is -2.35. The van der Waals surface area contributed by atoms with Crippen molar-refractivity contribution in [3.8, 4) is 29.6 Å². The van der Waals surface area contributed by atoms with Gasteiger partial charge in [0.25, 0.3) is 11.8 Å². The average molecular weight is 378 g/mol. The lowest BCUT2D eigenvalue weighted by Gasteiger charge is -2.14. The zero-order chi connectivity index (χ0) is 20.1. The lowest BCUT2D eigenvalue weighted by atomic mass is 10.1. The van der Waals surface area contributed by atoms with Gasteiger partial charge in [-0.3, -0.25) is 15.0 Å². The molecule has 1 aliphatic rings. The summed E-state index contributed by atoms with van der Waals surface area (Å²) in [5.74, 6) is 2.50. The third-order valence-corrected chi connectivity index (χ3v) is 4.00. The zero-order valence-electron chi connectivity index (χ0n) is 15.4. The summed E-state index contributed by atoms with van der Waals surface area (Å²) in [5, 5.41) is 1.20. The highest BCUT2D eigenvalue weighted by molar-refractivity contribution is 6.31. The van der Waals surface area contributed by atoms with Crippen molar-refractivity contribution in [3.05, 3.63) is 53.6 Å². The van der Waals surface area contributed by atoms with Crippen LogP contribution in [0.1, 0.15) is 5.56 Å². The second-order valence-electron chi connectivity index (χ2n) is 5.72. The van der Waals surface area contributed by atoms with Crippen molar-refractivity contribution in [1.29, 1.82) is 0 Å². The molecular formula is C21H18N2O5. The summed E-state index contributed by atoms with van der Waals surface area (Å²) in [6.45, 7) is 0.0417. The summed E-state index contributed by atoms with van der Waals surface area (Å²) >= 11 is 0. The second-order valence-corrected chi connectivity index (χ2v) is 5.72. The summed E-state index contributed by atoms with van der Waals surface area (Å²) in [6, 6.07) is 12.1. The number of hydrazine groups is 1. The smallest absolute Gasteiger partial charge is 0.282 e. The lowest BCUT2D eigenvalue weighted by molar-refractivity contribution is -0.117. The molecule has 0 aromatic heterocycles. The molecule has 1 aliphatic heterocycles. The molecule has 0 atom stereocenters. The van der Waals surface area contributed by atoms with E-state index in [2.05, 4.69) is 11.3 Å². The van der Waals surface area contributed by atoms with Gasteiger partial charge in [-0.05, 0) is 35.9 Å². The Morgan fingerprint density at radius 1 is 1.11 bits per heavy atom. The van der Waals surface area contributed by atoms with Crippen molar-refractivity contribution in [2.75, 3.05) is 25.8 Å². The van der Waals surface area contributed by atoms with E-state index in [9.17, 15) is 9.59 Å². The predicted octanol–water partition coefficient (Wildman–Crippen LogP) is 2.18. The van der Waals surface area contributed by atoms with Crippen LogP contribution in [-0.2, 0) is 9.59 Å². The summed E-state index contributed by atoms with van der Waals surface area (Å²) in [4.78, 5) is 25.0. The Morgan fingerprint density at radius 2 is 1.75 bits per heavy atom. The van der Waals surface area contributed by atoms with Gasteiger partial charge in [0.1, 0.15) is 12.2 Å². The number of ether oxygens (including phenoxy) is 3. The van der Waals surface area contributed by atoms with E-state index in [-0.39, 0.29) is 12.2 Å². The van der Waals surface area contributed by atoms with Crippen LogP contribution in [0.25, 0.3) is 6.08 Å². The first-order valence-electron chi connectivity index (χ1n) is 8.33. The maximum Gasteiger partial charge on any atom is 0.282 e. The Balaban J connectivity index is 1.97. The molecule has 3 rings (SSSR count). The molecule has 0 bridgehead atoms. The maximum absolute atomic E-state index is 12.7. The summed E-state index contributed by atoms with van der Waals surface area (Å²) in [7, 11) is 2.94. The van der Waals surface area contributed by atoms with E-state index in [1.165, 1.54) is 25.3 Å². The van der Waals surface area contributed by atoms with E-state index in [4.69, 9.17) is 20.6 Å². The van der Waals surface area contributed by atoms with Crippen LogP contribution in [0.15, 0.2) is 48.0 Å². The number of nitrogens with zero attached hydrogens (tertiary/aromatic N) is 1. The minimum atomic E-state index is -0.501.